The van der Waals surface area contributed by atoms with Crippen LogP contribution in [0.1, 0.15) is 11.1 Å². The van der Waals surface area contributed by atoms with Crippen LogP contribution in [0.4, 0.5) is 4.79 Å². The molecule has 0 aliphatic carbocycles. The van der Waals surface area contributed by atoms with Gasteiger partial charge in [0.2, 0.25) is 0 Å². The van der Waals surface area contributed by atoms with Crippen LogP contribution in [0, 0.1) is 13.8 Å². The van der Waals surface area contributed by atoms with Gasteiger partial charge in [-0.05, 0) is 37.1 Å². The molecule has 1 saturated heterocycles. The van der Waals surface area contributed by atoms with E-state index in [2.05, 4.69) is 15.5 Å². The Morgan fingerprint density at radius 2 is 1.83 bits per heavy atom. The first-order chi connectivity index (χ1) is 11.6. The Bertz CT molecular complexity index is 525. The van der Waals surface area contributed by atoms with E-state index in [9.17, 15) is 4.79 Å². The van der Waals surface area contributed by atoms with Crippen molar-refractivity contribution in [3.05, 3.63) is 28.3 Å². The molecule has 1 aliphatic heterocycles. The van der Waals surface area contributed by atoms with Crippen molar-refractivity contribution in [3.8, 4) is 5.75 Å². The molecule has 1 aromatic carbocycles. The van der Waals surface area contributed by atoms with Gasteiger partial charge in [-0.25, -0.2) is 4.79 Å². The second kappa shape index (κ2) is 9.71. The van der Waals surface area contributed by atoms with E-state index in [-0.39, 0.29) is 6.03 Å². The zero-order valence-corrected chi connectivity index (χ0v) is 15.1. The van der Waals surface area contributed by atoms with Gasteiger partial charge in [0.05, 0.1) is 19.8 Å². The van der Waals surface area contributed by atoms with Crippen LogP contribution in [0.3, 0.4) is 0 Å². The summed E-state index contributed by atoms with van der Waals surface area (Å²) in [5, 5.41) is 6.40. The molecular formula is C17H26ClN3O3. The van der Waals surface area contributed by atoms with E-state index < -0.39 is 0 Å². The molecule has 0 spiro atoms. The van der Waals surface area contributed by atoms with E-state index in [0.29, 0.717) is 19.7 Å². The largest absolute Gasteiger partial charge is 0.492 e. The van der Waals surface area contributed by atoms with Gasteiger partial charge in [-0.15, -0.1) is 0 Å². The number of rotatable bonds is 7. The molecule has 1 aliphatic rings. The van der Waals surface area contributed by atoms with Gasteiger partial charge in [0.1, 0.15) is 12.4 Å². The fourth-order valence-electron chi connectivity index (χ4n) is 2.54. The number of nitrogens with one attached hydrogen (secondary N) is 2. The van der Waals surface area contributed by atoms with Crippen LogP contribution in [0.2, 0.25) is 5.02 Å². The van der Waals surface area contributed by atoms with Crippen LogP contribution < -0.4 is 15.4 Å². The number of urea groups is 1. The molecule has 0 unspecified atom stereocenters. The fraction of sp³-hybridized carbons (Fsp3) is 0.588. The van der Waals surface area contributed by atoms with Gasteiger partial charge in [0.15, 0.2) is 0 Å². The Kier molecular flexibility index (Phi) is 7.62. The number of amides is 2. The molecule has 2 rings (SSSR count). The summed E-state index contributed by atoms with van der Waals surface area (Å²) in [5.41, 5.74) is 1.97. The van der Waals surface area contributed by atoms with Crippen molar-refractivity contribution in [3.63, 3.8) is 0 Å². The second-order valence-electron chi connectivity index (χ2n) is 5.86. The van der Waals surface area contributed by atoms with Crippen LogP contribution in [-0.4, -0.2) is 63.5 Å². The molecule has 0 aromatic heterocycles. The number of morpholine rings is 1. The molecule has 2 amide bonds. The van der Waals surface area contributed by atoms with Crippen molar-refractivity contribution in [1.29, 1.82) is 0 Å². The fourth-order valence-corrected chi connectivity index (χ4v) is 2.65. The highest BCUT2D eigenvalue weighted by Gasteiger charge is 2.10. The summed E-state index contributed by atoms with van der Waals surface area (Å²) in [5.74, 6) is 0.768. The molecular weight excluding hydrogens is 330 g/mol. The summed E-state index contributed by atoms with van der Waals surface area (Å²) < 4.78 is 10.9. The Morgan fingerprint density at radius 3 is 2.50 bits per heavy atom. The zero-order valence-electron chi connectivity index (χ0n) is 14.4. The first-order valence-corrected chi connectivity index (χ1v) is 8.65. The highest BCUT2D eigenvalue weighted by Crippen LogP contribution is 2.25. The summed E-state index contributed by atoms with van der Waals surface area (Å²) in [7, 11) is 0. The molecule has 1 heterocycles. The molecule has 7 heteroatoms. The SMILES string of the molecule is Cc1cc(OCCNC(=O)NCCN2CCOCC2)cc(C)c1Cl. The van der Waals surface area contributed by atoms with Gasteiger partial charge < -0.3 is 20.1 Å². The van der Waals surface area contributed by atoms with Crippen molar-refractivity contribution >= 4 is 17.6 Å². The van der Waals surface area contributed by atoms with Crippen molar-refractivity contribution in [2.75, 3.05) is 52.5 Å². The van der Waals surface area contributed by atoms with Crippen molar-refractivity contribution in [1.82, 2.24) is 15.5 Å². The predicted molar refractivity (Wildman–Crippen MR) is 95.1 cm³/mol. The topological polar surface area (TPSA) is 62.8 Å². The minimum absolute atomic E-state index is 0.171. The highest BCUT2D eigenvalue weighted by molar-refractivity contribution is 6.32. The van der Waals surface area contributed by atoms with E-state index in [1.807, 2.05) is 26.0 Å². The summed E-state index contributed by atoms with van der Waals surface area (Å²) in [4.78, 5) is 14.0. The third-order valence-corrected chi connectivity index (χ3v) is 4.48. The van der Waals surface area contributed by atoms with E-state index in [1.165, 1.54) is 0 Å². The van der Waals surface area contributed by atoms with Crippen LogP contribution in [-0.2, 0) is 4.74 Å². The highest BCUT2D eigenvalue weighted by atomic mass is 35.5. The third-order valence-electron chi connectivity index (χ3n) is 3.88. The maximum atomic E-state index is 11.7. The van der Waals surface area contributed by atoms with Crippen molar-refractivity contribution in [2.24, 2.45) is 0 Å². The van der Waals surface area contributed by atoms with Gasteiger partial charge in [0, 0.05) is 31.2 Å². The summed E-state index contributed by atoms with van der Waals surface area (Å²) in [6, 6.07) is 3.63. The Balaban J connectivity index is 1.57. The average molecular weight is 356 g/mol. The monoisotopic (exact) mass is 355 g/mol. The lowest BCUT2D eigenvalue weighted by molar-refractivity contribution is 0.0387. The quantitative estimate of drug-likeness (QED) is 0.734. The molecule has 0 saturated carbocycles. The number of carbonyl (C=O) groups is 1. The maximum absolute atomic E-state index is 11.7. The summed E-state index contributed by atoms with van der Waals surface area (Å²) >= 11 is 6.13. The number of ether oxygens (including phenoxy) is 2. The number of benzene rings is 1. The third kappa shape index (κ3) is 6.19. The molecule has 0 atom stereocenters. The number of hydrogen-bond donors (Lipinski definition) is 2. The zero-order chi connectivity index (χ0) is 17.4. The number of nitrogens with zero attached hydrogens (tertiary/aromatic N) is 1. The summed E-state index contributed by atoms with van der Waals surface area (Å²) in [6.07, 6.45) is 0. The predicted octanol–water partition coefficient (Wildman–Crippen LogP) is 1.97. The van der Waals surface area contributed by atoms with Crippen molar-refractivity contribution in [2.45, 2.75) is 13.8 Å². The van der Waals surface area contributed by atoms with Gasteiger partial charge in [0.25, 0.3) is 0 Å². The molecule has 1 fully saturated rings. The van der Waals surface area contributed by atoms with E-state index in [0.717, 1.165) is 54.7 Å². The molecule has 2 N–H and O–H groups in total. The molecule has 0 radical (unpaired) electrons. The Morgan fingerprint density at radius 1 is 1.21 bits per heavy atom. The van der Waals surface area contributed by atoms with Crippen LogP contribution in [0.15, 0.2) is 12.1 Å². The van der Waals surface area contributed by atoms with E-state index >= 15 is 0 Å². The molecule has 1 aromatic rings. The van der Waals surface area contributed by atoms with Gasteiger partial charge in [-0.2, -0.15) is 0 Å². The second-order valence-corrected chi connectivity index (χ2v) is 6.23. The van der Waals surface area contributed by atoms with Crippen LogP contribution in [0.5, 0.6) is 5.75 Å². The van der Waals surface area contributed by atoms with Crippen molar-refractivity contribution < 1.29 is 14.3 Å². The first-order valence-electron chi connectivity index (χ1n) is 8.27. The van der Waals surface area contributed by atoms with Crippen LogP contribution >= 0.6 is 11.6 Å². The Labute approximate surface area is 148 Å². The normalized spacial score (nSPS) is 15.1. The Hall–Kier alpha value is -1.50. The number of halogens is 1. The lowest BCUT2D eigenvalue weighted by Gasteiger charge is -2.26. The van der Waals surface area contributed by atoms with E-state index in [4.69, 9.17) is 21.1 Å². The maximum Gasteiger partial charge on any atom is 0.314 e. The lowest BCUT2D eigenvalue weighted by Crippen LogP contribution is -2.44. The first kappa shape index (κ1) is 18.8. The molecule has 0 bridgehead atoms. The number of hydrogen-bond acceptors (Lipinski definition) is 4. The number of aryl methyl sites for hydroxylation is 2. The molecule has 134 valence electrons. The lowest BCUT2D eigenvalue weighted by atomic mass is 10.1. The minimum atomic E-state index is -0.171. The smallest absolute Gasteiger partial charge is 0.314 e. The van der Waals surface area contributed by atoms with Gasteiger partial charge in [-0.3, -0.25) is 4.90 Å². The standard InChI is InChI=1S/C17H26ClN3O3/c1-13-11-15(12-14(2)16(13)18)24-8-4-20-17(22)19-3-5-21-6-9-23-10-7-21/h11-12H,3-10H2,1-2H3,(H2,19,20,22). The summed E-state index contributed by atoms with van der Waals surface area (Å²) in [6.45, 7) is 9.62. The van der Waals surface area contributed by atoms with Gasteiger partial charge in [-0.1, -0.05) is 11.6 Å². The molecule has 6 nitrogen and oxygen atoms in total. The van der Waals surface area contributed by atoms with Gasteiger partial charge >= 0.3 is 6.03 Å². The average Bonchev–Trinajstić information content (AvgIpc) is 2.57. The van der Waals surface area contributed by atoms with Crippen LogP contribution in [0.25, 0.3) is 0 Å². The van der Waals surface area contributed by atoms with E-state index in [1.54, 1.807) is 0 Å². The number of carbonyl (C=O) groups excluding carboxylic acids is 1. The minimum Gasteiger partial charge on any atom is -0.492 e. The molecule has 24 heavy (non-hydrogen) atoms.